The Bertz CT molecular complexity index is 1540. The van der Waals surface area contributed by atoms with E-state index in [1.54, 1.807) is 31.2 Å². The zero-order valence-electron chi connectivity index (χ0n) is 25.2. The summed E-state index contributed by atoms with van der Waals surface area (Å²) in [5.41, 5.74) is 2.84. The first-order valence-electron chi connectivity index (χ1n) is 14.6. The number of carbonyl (C=O) groups excluding carboxylic acids is 2. The number of ether oxygens (including phenoxy) is 1. The topological polar surface area (TPSA) is 96.0 Å². The summed E-state index contributed by atoms with van der Waals surface area (Å²) >= 11 is 6.32. The summed E-state index contributed by atoms with van der Waals surface area (Å²) in [7, 11) is -2.83. The standard InChI is InChI=1S/C33H40ClN3O5S/c1-23-14-17-29(18-15-23)43(40,41)37(30-20-27(34)16-19-31(30)42-4)22-32(38)36(21-26-11-9-8-10-24(26)2)25(3)33(39)35-28-12-6-5-7-13-28/h8-11,14-20,25,28H,5-7,12-13,21-22H2,1-4H3,(H,35,39)/t25-/m1/s1. The van der Waals surface area contributed by atoms with Crippen LogP contribution in [-0.4, -0.2) is 50.9 Å². The van der Waals surface area contributed by atoms with Gasteiger partial charge in [0, 0.05) is 17.6 Å². The zero-order chi connectivity index (χ0) is 31.1. The average molecular weight is 626 g/mol. The van der Waals surface area contributed by atoms with E-state index in [9.17, 15) is 18.0 Å². The second-order valence-corrected chi connectivity index (χ2v) is 13.4. The third-order valence-electron chi connectivity index (χ3n) is 8.02. The quantitative estimate of drug-likeness (QED) is 0.281. The van der Waals surface area contributed by atoms with Crippen molar-refractivity contribution in [3.05, 3.63) is 88.4 Å². The zero-order valence-corrected chi connectivity index (χ0v) is 26.7. The molecule has 1 N–H and O–H groups in total. The summed E-state index contributed by atoms with van der Waals surface area (Å²) < 4.78 is 34.8. The molecule has 0 saturated heterocycles. The SMILES string of the molecule is COc1ccc(Cl)cc1N(CC(=O)N(Cc1ccccc1C)[C@H](C)C(=O)NC1CCCCC1)S(=O)(=O)c1ccc(C)cc1. The van der Waals surface area contributed by atoms with Crippen LogP contribution in [0.1, 0.15) is 55.7 Å². The number of rotatable bonds is 11. The summed E-state index contributed by atoms with van der Waals surface area (Å²) in [6, 6.07) is 17.9. The van der Waals surface area contributed by atoms with Crippen molar-refractivity contribution < 1.29 is 22.7 Å². The summed E-state index contributed by atoms with van der Waals surface area (Å²) in [5, 5.41) is 3.41. The van der Waals surface area contributed by atoms with Gasteiger partial charge in [0.2, 0.25) is 11.8 Å². The van der Waals surface area contributed by atoms with Crippen molar-refractivity contribution in [2.75, 3.05) is 18.0 Å². The number of halogens is 1. The Morgan fingerprint density at radius 3 is 2.33 bits per heavy atom. The molecule has 0 bridgehead atoms. The van der Waals surface area contributed by atoms with Gasteiger partial charge in [0.05, 0.1) is 17.7 Å². The van der Waals surface area contributed by atoms with Crippen LogP contribution >= 0.6 is 11.6 Å². The molecule has 3 aromatic carbocycles. The predicted octanol–water partition coefficient (Wildman–Crippen LogP) is 6.03. The maximum atomic E-state index is 14.3. The molecule has 1 aliphatic rings. The predicted molar refractivity (Wildman–Crippen MR) is 170 cm³/mol. The van der Waals surface area contributed by atoms with Crippen LogP contribution < -0.4 is 14.4 Å². The molecule has 4 rings (SSSR count). The highest BCUT2D eigenvalue weighted by Gasteiger charge is 2.34. The molecule has 43 heavy (non-hydrogen) atoms. The molecule has 0 unspecified atom stereocenters. The number of aryl methyl sites for hydroxylation is 2. The van der Waals surface area contributed by atoms with Gasteiger partial charge < -0.3 is 15.0 Å². The summed E-state index contributed by atoms with van der Waals surface area (Å²) in [4.78, 5) is 29.2. The molecule has 230 valence electrons. The van der Waals surface area contributed by atoms with E-state index in [0.29, 0.717) is 0 Å². The molecule has 8 nitrogen and oxygen atoms in total. The molecule has 10 heteroatoms. The molecule has 0 aliphatic heterocycles. The van der Waals surface area contributed by atoms with Gasteiger partial charge in [-0.25, -0.2) is 8.42 Å². The Morgan fingerprint density at radius 1 is 1.00 bits per heavy atom. The maximum Gasteiger partial charge on any atom is 0.264 e. The number of carbonyl (C=O) groups is 2. The fraction of sp³-hybridized carbons (Fsp3) is 0.394. The lowest BCUT2D eigenvalue weighted by Gasteiger charge is -2.33. The van der Waals surface area contributed by atoms with Crippen LogP contribution in [0.25, 0.3) is 0 Å². The van der Waals surface area contributed by atoms with E-state index in [1.807, 2.05) is 38.1 Å². The van der Waals surface area contributed by atoms with E-state index in [4.69, 9.17) is 16.3 Å². The molecule has 1 saturated carbocycles. The van der Waals surface area contributed by atoms with E-state index >= 15 is 0 Å². The Kier molecular flexibility index (Phi) is 10.7. The number of benzene rings is 3. The van der Waals surface area contributed by atoms with Crippen molar-refractivity contribution in [3.63, 3.8) is 0 Å². The largest absolute Gasteiger partial charge is 0.495 e. The fourth-order valence-corrected chi connectivity index (χ4v) is 6.91. The lowest BCUT2D eigenvalue weighted by molar-refractivity contribution is -0.139. The second-order valence-electron chi connectivity index (χ2n) is 11.1. The van der Waals surface area contributed by atoms with Crippen molar-refractivity contribution in [2.24, 2.45) is 0 Å². The van der Waals surface area contributed by atoms with Crippen LogP contribution in [0.3, 0.4) is 0 Å². The van der Waals surface area contributed by atoms with Crippen LogP contribution in [0.5, 0.6) is 5.75 Å². The number of anilines is 1. The minimum absolute atomic E-state index is 0.0153. The van der Waals surface area contributed by atoms with Crippen molar-refractivity contribution >= 4 is 39.1 Å². The van der Waals surface area contributed by atoms with Crippen molar-refractivity contribution in [1.82, 2.24) is 10.2 Å². The Labute approximate surface area is 260 Å². The first kappa shape index (κ1) is 32.4. The van der Waals surface area contributed by atoms with Gasteiger partial charge in [-0.1, -0.05) is 72.8 Å². The number of hydrogen-bond donors (Lipinski definition) is 1. The van der Waals surface area contributed by atoms with Gasteiger partial charge in [0.15, 0.2) is 0 Å². The van der Waals surface area contributed by atoms with Crippen molar-refractivity contribution in [3.8, 4) is 5.75 Å². The number of methoxy groups -OCH3 is 1. The molecule has 2 amide bonds. The maximum absolute atomic E-state index is 14.3. The summed E-state index contributed by atoms with van der Waals surface area (Å²) in [5.74, 6) is -0.559. The third-order valence-corrected chi connectivity index (χ3v) is 10.0. The smallest absolute Gasteiger partial charge is 0.264 e. The van der Waals surface area contributed by atoms with Crippen LogP contribution in [0.15, 0.2) is 71.6 Å². The number of amides is 2. The second kappa shape index (κ2) is 14.3. The van der Waals surface area contributed by atoms with Gasteiger partial charge >= 0.3 is 0 Å². The fourth-order valence-electron chi connectivity index (χ4n) is 5.33. The molecular formula is C33H40ClN3O5S. The Balaban J connectivity index is 1.74. The molecule has 1 atom stereocenters. The first-order valence-corrected chi connectivity index (χ1v) is 16.4. The number of nitrogens with zero attached hydrogens (tertiary/aromatic N) is 2. The minimum Gasteiger partial charge on any atom is -0.495 e. The third kappa shape index (κ3) is 7.89. The number of sulfonamides is 1. The molecule has 0 spiro atoms. The highest BCUT2D eigenvalue weighted by atomic mass is 35.5. The summed E-state index contributed by atoms with van der Waals surface area (Å²) in [6.45, 7) is 5.06. The van der Waals surface area contributed by atoms with Crippen LogP contribution in [0.4, 0.5) is 5.69 Å². The minimum atomic E-state index is -4.25. The normalized spacial score (nSPS) is 14.5. The van der Waals surface area contributed by atoms with Crippen LogP contribution in [0.2, 0.25) is 5.02 Å². The van der Waals surface area contributed by atoms with Gasteiger partial charge in [0.25, 0.3) is 10.0 Å². The van der Waals surface area contributed by atoms with E-state index in [1.165, 1.54) is 30.2 Å². The van der Waals surface area contributed by atoms with Gasteiger partial charge in [-0.15, -0.1) is 0 Å². The van der Waals surface area contributed by atoms with E-state index in [0.717, 1.165) is 53.1 Å². The van der Waals surface area contributed by atoms with Crippen molar-refractivity contribution in [1.29, 1.82) is 0 Å². The van der Waals surface area contributed by atoms with Gasteiger partial charge in [-0.2, -0.15) is 0 Å². The Hall–Kier alpha value is -3.56. The average Bonchev–Trinajstić information content (AvgIpc) is 2.99. The van der Waals surface area contributed by atoms with E-state index in [-0.39, 0.29) is 39.8 Å². The highest BCUT2D eigenvalue weighted by molar-refractivity contribution is 7.92. The molecule has 0 heterocycles. The van der Waals surface area contributed by atoms with E-state index in [2.05, 4.69) is 5.32 Å². The molecule has 3 aromatic rings. The monoisotopic (exact) mass is 625 g/mol. The number of hydrogen-bond acceptors (Lipinski definition) is 5. The molecule has 0 aromatic heterocycles. The molecule has 1 aliphatic carbocycles. The molecular weight excluding hydrogens is 586 g/mol. The highest BCUT2D eigenvalue weighted by Crippen LogP contribution is 2.35. The number of nitrogens with one attached hydrogen (secondary N) is 1. The summed E-state index contributed by atoms with van der Waals surface area (Å²) in [6.07, 6.45) is 5.07. The van der Waals surface area contributed by atoms with Gasteiger partial charge in [-0.05, 0) is 75.1 Å². The first-order chi connectivity index (χ1) is 20.5. The van der Waals surface area contributed by atoms with Crippen LogP contribution in [0, 0.1) is 13.8 Å². The Morgan fingerprint density at radius 2 is 1.67 bits per heavy atom. The molecule has 1 fully saturated rings. The van der Waals surface area contributed by atoms with Gasteiger partial charge in [-0.3, -0.25) is 13.9 Å². The lowest BCUT2D eigenvalue weighted by Crippen LogP contribution is -2.53. The van der Waals surface area contributed by atoms with E-state index < -0.39 is 28.5 Å². The van der Waals surface area contributed by atoms with Gasteiger partial charge in [0.1, 0.15) is 18.3 Å². The lowest BCUT2D eigenvalue weighted by atomic mass is 9.95. The van der Waals surface area contributed by atoms with Crippen molar-refractivity contribution in [2.45, 2.75) is 76.4 Å². The van der Waals surface area contributed by atoms with Crippen LogP contribution in [-0.2, 0) is 26.2 Å². The molecule has 0 radical (unpaired) electrons.